The van der Waals surface area contributed by atoms with Crippen molar-refractivity contribution in [2.75, 3.05) is 0 Å². The van der Waals surface area contributed by atoms with Crippen molar-refractivity contribution in [1.82, 2.24) is 0 Å². The van der Waals surface area contributed by atoms with Crippen LogP contribution in [-0.2, 0) is 6.61 Å². The molecule has 19 heavy (non-hydrogen) atoms. The van der Waals surface area contributed by atoms with E-state index in [4.69, 9.17) is 9.15 Å². The Morgan fingerprint density at radius 3 is 2.79 bits per heavy atom. The molecule has 0 aliphatic rings. The molecule has 0 spiro atoms. The van der Waals surface area contributed by atoms with Gasteiger partial charge in [-0.2, -0.15) is 0 Å². The highest BCUT2D eigenvalue weighted by Crippen LogP contribution is 2.28. The lowest BCUT2D eigenvalue weighted by Crippen LogP contribution is -1.95. The van der Waals surface area contributed by atoms with E-state index in [2.05, 4.69) is 0 Å². The SMILES string of the molecule is Oc1ccccc1OCc1coc2cccc(F)c12. The summed E-state index contributed by atoms with van der Waals surface area (Å²) in [5, 5.41) is 10.00. The number of aromatic hydroxyl groups is 1. The summed E-state index contributed by atoms with van der Waals surface area (Å²) < 4.78 is 24.5. The molecular weight excluding hydrogens is 247 g/mol. The van der Waals surface area contributed by atoms with Gasteiger partial charge in [-0.3, -0.25) is 0 Å². The van der Waals surface area contributed by atoms with Crippen molar-refractivity contribution in [2.24, 2.45) is 0 Å². The maximum atomic E-state index is 13.7. The van der Waals surface area contributed by atoms with Gasteiger partial charge in [-0.25, -0.2) is 4.39 Å². The van der Waals surface area contributed by atoms with Crippen molar-refractivity contribution in [1.29, 1.82) is 0 Å². The van der Waals surface area contributed by atoms with Gasteiger partial charge in [0.1, 0.15) is 18.0 Å². The lowest BCUT2D eigenvalue weighted by molar-refractivity contribution is 0.288. The van der Waals surface area contributed by atoms with E-state index in [1.54, 1.807) is 30.3 Å². The summed E-state index contributed by atoms with van der Waals surface area (Å²) in [6.07, 6.45) is 1.47. The molecule has 0 fully saturated rings. The van der Waals surface area contributed by atoms with Gasteiger partial charge in [-0.05, 0) is 24.3 Å². The lowest BCUT2D eigenvalue weighted by Gasteiger charge is -2.06. The van der Waals surface area contributed by atoms with Gasteiger partial charge in [0.2, 0.25) is 0 Å². The Morgan fingerprint density at radius 1 is 1.11 bits per heavy atom. The third kappa shape index (κ3) is 2.12. The quantitative estimate of drug-likeness (QED) is 0.775. The summed E-state index contributed by atoms with van der Waals surface area (Å²) in [5.74, 6) is 0.0612. The molecule has 0 atom stereocenters. The smallest absolute Gasteiger partial charge is 0.161 e. The molecule has 0 bridgehead atoms. The molecule has 0 radical (unpaired) electrons. The summed E-state index contributed by atoms with van der Waals surface area (Å²) in [5.41, 5.74) is 1.09. The van der Waals surface area contributed by atoms with E-state index in [-0.39, 0.29) is 18.2 Å². The Labute approximate surface area is 108 Å². The number of para-hydroxylation sites is 2. The number of phenolic OH excluding ortho intramolecular Hbond substituents is 1. The Kier molecular flexibility index (Phi) is 2.83. The first-order valence-corrected chi connectivity index (χ1v) is 5.81. The number of hydrogen-bond acceptors (Lipinski definition) is 3. The second-order valence-electron chi connectivity index (χ2n) is 4.13. The molecule has 3 nitrogen and oxygen atoms in total. The van der Waals surface area contributed by atoms with Gasteiger partial charge in [0, 0.05) is 5.56 Å². The third-order valence-electron chi connectivity index (χ3n) is 2.87. The number of benzene rings is 2. The summed E-state index contributed by atoms with van der Waals surface area (Å²) in [6.45, 7) is 0.130. The summed E-state index contributed by atoms with van der Waals surface area (Å²) >= 11 is 0. The van der Waals surface area contributed by atoms with Gasteiger partial charge in [0.05, 0.1) is 11.6 Å². The van der Waals surface area contributed by atoms with E-state index >= 15 is 0 Å². The van der Waals surface area contributed by atoms with Crippen LogP contribution < -0.4 is 4.74 Å². The van der Waals surface area contributed by atoms with Gasteiger partial charge in [0.25, 0.3) is 0 Å². The lowest BCUT2D eigenvalue weighted by atomic mass is 10.2. The zero-order chi connectivity index (χ0) is 13.2. The topological polar surface area (TPSA) is 42.6 Å². The first-order chi connectivity index (χ1) is 9.25. The molecule has 3 aromatic rings. The average Bonchev–Trinajstić information content (AvgIpc) is 2.83. The molecule has 3 rings (SSSR count). The second kappa shape index (κ2) is 4.65. The second-order valence-corrected chi connectivity index (χ2v) is 4.13. The molecule has 0 amide bonds. The zero-order valence-corrected chi connectivity index (χ0v) is 9.97. The first-order valence-electron chi connectivity index (χ1n) is 5.81. The number of phenols is 1. The Balaban J connectivity index is 1.89. The predicted molar refractivity (Wildman–Crippen MR) is 68.6 cm³/mol. The van der Waals surface area contributed by atoms with Crippen molar-refractivity contribution in [3.05, 3.63) is 60.1 Å². The number of furan rings is 1. The number of hydrogen-bond donors (Lipinski definition) is 1. The fourth-order valence-corrected chi connectivity index (χ4v) is 1.95. The third-order valence-corrected chi connectivity index (χ3v) is 2.87. The number of halogens is 1. The van der Waals surface area contributed by atoms with Gasteiger partial charge >= 0.3 is 0 Å². The van der Waals surface area contributed by atoms with Crippen molar-refractivity contribution < 1.29 is 18.7 Å². The van der Waals surface area contributed by atoms with Crippen LogP contribution in [0.3, 0.4) is 0 Å². The molecule has 2 aromatic carbocycles. The molecule has 1 aromatic heterocycles. The maximum Gasteiger partial charge on any atom is 0.161 e. The minimum atomic E-state index is -0.345. The highest BCUT2D eigenvalue weighted by atomic mass is 19.1. The number of ether oxygens (including phenoxy) is 1. The van der Waals surface area contributed by atoms with Gasteiger partial charge < -0.3 is 14.3 Å². The highest BCUT2D eigenvalue weighted by Gasteiger charge is 2.11. The number of rotatable bonds is 3. The van der Waals surface area contributed by atoms with Crippen LogP contribution >= 0.6 is 0 Å². The fourth-order valence-electron chi connectivity index (χ4n) is 1.95. The molecular formula is C15H11FO3. The van der Waals surface area contributed by atoms with Gasteiger partial charge in [-0.1, -0.05) is 18.2 Å². The Bertz CT molecular complexity index is 718. The Hall–Kier alpha value is -2.49. The van der Waals surface area contributed by atoms with Crippen molar-refractivity contribution >= 4 is 11.0 Å². The average molecular weight is 258 g/mol. The largest absolute Gasteiger partial charge is 0.504 e. The molecule has 0 saturated carbocycles. The molecule has 0 saturated heterocycles. The summed E-state index contributed by atoms with van der Waals surface area (Å²) in [6, 6.07) is 11.3. The monoisotopic (exact) mass is 258 g/mol. The van der Waals surface area contributed by atoms with E-state index in [9.17, 15) is 9.50 Å². The fraction of sp³-hybridized carbons (Fsp3) is 0.0667. The van der Waals surface area contributed by atoms with Crippen molar-refractivity contribution in [2.45, 2.75) is 6.61 Å². The first kappa shape index (κ1) is 11.6. The van der Waals surface area contributed by atoms with Crippen LogP contribution in [0.25, 0.3) is 11.0 Å². The number of fused-ring (bicyclic) bond motifs is 1. The van der Waals surface area contributed by atoms with Gasteiger partial charge in [-0.15, -0.1) is 0 Å². The van der Waals surface area contributed by atoms with E-state index in [1.807, 2.05) is 0 Å². The van der Waals surface area contributed by atoms with E-state index in [1.165, 1.54) is 18.4 Å². The van der Waals surface area contributed by atoms with Crippen LogP contribution in [0.2, 0.25) is 0 Å². The molecule has 0 aliphatic carbocycles. The van der Waals surface area contributed by atoms with Crippen LogP contribution in [0.15, 0.2) is 53.1 Å². The van der Waals surface area contributed by atoms with Crippen LogP contribution in [0.4, 0.5) is 4.39 Å². The molecule has 1 N–H and O–H groups in total. The summed E-state index contributed by atoms with van der Waals surface area (Å²) in [4.78, 5) is 0. The van der Waals surface area contributed by atoms with Crippen molar-refractivity contribution in [3.63, 3.8) is 0 Å². The van der Waals surface area contributed by atoms with E-state index in [0.717, 1.165) is 0 Å². The summed E-state index contributed by atoms with van der Waals surface area (Å²) in [7, 11) is 0. The molecule has 1 heterocycles. The van der Waals surface area contributed by atoms with Crippen LogP contribution in [0.5, 0.6) is 11.5 Å². The highest BCUT2D eigenvalue weighted by molar-refractivity contribution is 5.81. The zero-order valence-electron chi connectivity index (χ0n) is 9.97. The minimum Gasteiger partial charge on any atom is -0.504 e. The van der Waals surface area contributed by atoms with Crippen LogP contribution in [-0.4, -0.2) is 5.11 Å². The molecule has 4 heteroatoms. The van der Waals surface area contributed by atoms with Crippen LogP contribution in [0.1, 0.15) is 5.56 Å². The molecule has 0 unspecified atom stereocenters. The standard InChI is InChI=1S/C15H11FO3/c16-11-4-3-7-14-15(11)10(9-19-14)8-18-13-6-2-1-5-12(13)17/h1-7,9,17H,8H2. The van der Waals surface area contributed by atoms with E-state index < -0.39 is 0 Å². The van der Waals surface area contributed by atoms with Gasteiger partial charge in [0.15, 0.2) is 11.5 Å². The normalized spacial score (nSPS) is 10.8. The maximum absolute atomic E-state index is 13.7. The predicted octanol–water partition coefficient (Wildman–Crippen LogP) is 3.86. The molecule has 0 aliphatic heterocycles. The van der Waals surface area contributed by atoms with E-state index in [0.29, 0.717) is 22.3 Å². The minimum absolute atomic E-state index is 0.0516. The Morgan fingerprint density at radius 2 is 1.95 bits per heavy atom. The van der Waals surface area contributed by atoms with Crippen molar-refractivity contribution in [3.8, 4) is 11.5 Å². The molecule has 96 valence electrons. The van der Waals surface area contributed by atoms with Crippen LogP contribution in [0, 0.1) is 5.82 Å².